The zero-order valence-electron chi connectivity index (χ0n) is 14.4. The van der Waals surface area contributed by atoms with E-state index in [9.17, 15) is 24.3 Å². The number of aliphatic carboxylic acids is 1. The summed E-state index contributed by atoms with van der Waals surface area (Å²) in [7, 11) is 0. The number of esters is 1. The van der Waals surface area contributed by atoms with Crippen molar-refractivity contribution < 1.29 is 29.0 Å². The molecular weight excluding hydrogens is 396 g/mol. The highest BCUT2D eigenvalue weighted by Crippen LogP contribution is 2.43. The molecule has 0 saturated carbocycles. The molecule has 3 heterocycles. The number of carboxylic acids is 1. The van der Waals surface area contributed by atoms with Gasteiger partial charge in [0, 0.05) is 30.6 Å². The molecule has 0 unspecified atom stereocenters. The quantitative estimate of drug-likeness (QED) is 0.514. The molecular formula is C15H16N4O6S2. The molecule has 2 amide bonds. The predicted octanol–water partition coefficient (Wildman–Crippen LogP) is 0.264. The minimum atomic E-state index is -1.29. The molecule has 1 aromatic rings. The van der Waals surface area contributed by atoms with Crippen molar-refractivity contribution in [3.05, 3.63) is 16.7 Å². The van der Waals surface area contributed by atoms with Crippen LogP contribution in [0, 0.1) is 0 Å². The Kier molecular flexibility index (Phi) is 5.11. The molecule has 0 aliphatic carbocycles. The molecule has 1 fully saturated rings. The van der Waals surface area contributed by atoms with Gasteiger partial charge in [-0.05, 0) is 0 Å². The molecule has 2 atom stereocenters. The summed E-state index contributed by atoms with van der Waals surface area (Å²) in [5.74, 6) is -2.25. The Bertz CT molecular complexity index is 866. The van der Waals surface area contributed by atoms with Crippen molar-refractivity contribution in [2.24, 2.45) is 0 Å². The van der Waals surface area contributed by atoms with Crippen molar-refractivity contribution >= 4 is 57.8 Å². The Morgan fingerprint density at radius 1 is 1.44 bits per heavy atom. The number of thioether (sulfide) groups is 1. The molecule has 3 rings (SSSR count). The smallest absolute Gasteiger partial charge is 0.352 e. The first-order valence-corrected chi connectivity index (χ1v) is 9.69. The average molecular weight is 412 g/mol. The number of hydrogen-bond donors (Lipinski definition) is 2. The summed E-state index contributed by atoms with van der Waals surface area (Å²) in [5, 5.41) is 10.8. The van der Waals surface area contributed by atoms with Crippen LogP contribution in [0.15, 0.2) is 16.7 Å². The third-order valence-electron chi connectivity index (χ3n) is 4.05. The lowest BCUT2D eigenvalue weighted by Gasteiger charge is -2.52. The van der Waals surface area contributed by atoms with Gasteiger partial charge in [0.2, 0.25) is 5.91 Å². The summed E-state index contributed by atoms with van der Waals surface area (Å²) in [6.45, 7) is 2.32. The summed E-state index contributed by atoms with van der Waals surface area (Å²) in [6.07, 6.45) is 0. The lowest BCUT2D eigenvalue weighted by Crippen LogP contribution is -2.71. The van der Waals surface area contributed by atoms with Crippen molar-refractivity contribution in [2.45, 2.75) is 25.3 Å². The number of aromatic nitrogens is 1. The number of amides is 2. The number of carbonyl (C=O) groups excluding carboxylic acids is 3. The monoisotopic (exact) mass is 412 g/mol. The highest BCUT2D eigenvalue weighted by molar-refractivity contribution is 8.00. The van der Waals surface area contributed by atoms with Crippen LogP contribution >= 0.6 is 23.1 Å². The van der Waals surface area contributed by atoms with Crippen molar-refractivity contribution in [2.75, 3.05) is 23.0 Å². The molecule has 144 valence electrons. The first-order chi connectivity index (χ1) is 12.7. The van der Waals surface area contributed by atoms with Crippen molar-refractivity contribution in [1.29, 1.82) is 0 Å². The number of carbonyl (C=O) groups is 4. The number of nitrogens with two attached hydrogens (primary N) is 1. The summed E-state index contributed by atoms with van der Waals surface area (Å²) in [5.41, 5.74) is 5.75. The van der Waals surface area contributed by atoms with Crippen LogP contribution in [-0.4, -0.2) is 62.5 Å². The molecule has 0 radical (unpaired) electrons. The van der Waals surface area contributed by atoms with Crippen LogP contribution in [0.4, 0.5) is 10.9 Å². The van der Waals surface area contributed by atoms with Crippen LogP contribution < -0.4 is 10.6 Å². The van der Waals surface area contributed by atoms with Gasteiger partial charge in [-0.15, -0.1) is 23.1 Å². The Morgan fingerprint density at radius 3 is 2.67 bits per heavy atom. The fourth-order valence-electron chi connectivity index (χ4n) is 2.96. The summed E-state index contributed by atoms with van der Waals surface area (Å²) in [6, 6.07) is -0.876. The van der Waals surface area contributed by atoms with Crippen LogP contribution in [0.1, 0.15) is 13.8 Å². The molecule has 1 saturated heterocycles. The zero-order valence-corrected chi connectivity index (χ0v) is 16.0. The fourth-order valence-corrected chi connectivity index (χ4v) is 4.87. The standard InChI is InChI=1S/C15H16N4O6S2/c1-6(20)18(9-5-27-15(16)17-9)11-12(22)19-10(14(23)24)8(3-25-7(2)21)4-26-13(11)19/h5,11,13H,3-4H2,1-2H3,(H2,16,17)(H,23,24)/t11-,13-/m1/s1. The number of hydrogen-bond acceptors (Lipinski definition) is 9. The average Bonchev–Trinajstić information content (AvgIpc) is 3.01. The maximum Gasteiger partial charge on any atom is 0.352 e. The summed E-state index contributed by atoms with van der Waals surface area (Å²) < 4.78 is 4.89. The van der Waals surface area contributed by atoms with Crippen LogP contribution in [-0.2, 0) is 23.9 Å². The van der Waals surface area contributed by atoms with E-state index < -0.39 is 35.2 Å². The van der Waals surface area contributed by atoms with Gasteiger partial charge >= 0.3 is 11.9 Å². The third-order valence-corrected chi connectivity index (χ3v) is 6.03. The molecule has 2 aliphatic rings. The van der Waals surface area contributed by atoms with Gasteiger partial charge in [0.1, 0.15) is 29.5 Å². The lowest BCUT2D eigenvalue weighted by atomic mass is 10.0. The van der Waals surface area contributed by atoms with E-state index in [2.05, 4.69) is 4.98 Å². The topological polar surface area (TPSA) is 143 Å². The number of carboxylic acid groups (broad SMARTS) is 1. The maximum atomic E-state index is 12.8. The number of thiazole rings is 1. The molecule has 12 heteroatoms. The third kappa shape index (κ3) is 3.37. The zero-order chi connectivity index (χ0) is 19.9. The van der Waals surface area contributed by atoms with Crippen molar-refractivity contribution in [3.63, 3.8) is 0 Å². The molecule has 27 heavy (non-hydrogen) atoms. The number of rotatable bonds is 5. The van der Waals surface area contributed by atoms with Gasteiger partial charge in [-0.3, -0.25) is 24.2 Å². The number of fused-ring (bicyclic) bond motifs is 1. The molecule has 0 bridgehead atoms. The van der Waals surface area contributed by atoms with E-state index in [1.807, 2.05) is 0 Å². The van der Waals surface area contributed by atoms with Crippen LogP contribution in [0.2, 0.25) is 0 Å². The van der Waals surface area contributed by atoms with Gasteiger partial charge in [-0.1, -0.05) is 0 Å². The predicted molar refractivity (Wildman–Crippen MR) is 97.9 cm³/mol. The van der Waals surface area contributed by atoms with E-state index in [0.717, 1.165) is 16.2 Å². The second kappa shape index (κ2) is 7.19. The highest BCUT2D eigenvalue weighted by Gasteiger charge is 2.57. The molecule has 1 aromatic heterocycles. The van der Waals surface area contributed by atoms with E-state index >= 15 is 0 Å². The van der Waals surface area contributed by atoms with Gasteiger partial charge in [0.05, 0.1) is 0 Å². The number of nitrogen functional groups attached to an aromatic ring is 1. The highest BCUT2D eigenvalue weighted by atomic mass is 32.2. The molecule has 3 N–H and O–H groups in total. The van der Waals surface area contributed by atoms with Gasteiger partial charge in [-0.2, -0.15) is 0 Å². The van der Waals surface area contributed by atoms with E-state index in [1.54, 1.807) is 5.38 Å². The summed E-state index contributed by atoms with van der Waals surface area (Å²) in [4.78, 5) is 54.1. The van der Waals surface area contributed by atoms with Crippen LogP contribution in [0.5, 0.6) is 0 Å². The summed E-state index contributed by atoms with van der Waals surface area (Å²) >= 11 is 2.43. The Labute approximate surface area is 162 Å². The molecule has 10 nitrogen and oxygen atoms in total. The minimum absolute atomic E-state index is 0.204. The Balaban J connectivity index is 1.91. The Hall–Kier alpha value is -2.60. The minimum Gasteiger partial charge on any atom is -0.477 e. The van der Waals surface area contributed by atoms with E-state index in [-0.39, 0.29) is 29.0 Å². The molecule has 0 aromatic carbocycles. The molecule has 2 aliphatic heterocycles. The van der Waals surface area contributed by atoms with Gasteiger partial charge < -0.3 is 15.6 Å². The second-order valence-electron chi connectivity index (χ2n) is 5.83. The van der Waals surface area contributed by atoms with Gasteiger partial charge in [-0.25, -0.2) is 9.78 Å². The van der Waals surface area contributed by atoms with Crippen molar-refractivity contribution in [1.82, 2.24) is 9.88 Å². The number of β-lactam (4-membered cyclic amide) rings is 1. The van der Waals surface area contributed by atoms with Gasteiger partial charge in [0.15, 0.2) is 5.13 Å². The normalized spacial score (nSPS) is 21.4. The van der Waals surface area contributed by atoms with E-state index in [0.29, 0.717) is 5.57 Å². The second-order valence-corrected chi connectivity index (χ2v) is 7.82. The molecule has 0 spiro atoms. The number of nitrogens with zero attached hydrogens (tertiary/aromatic N) is 3. The first kappa shape index (κ1) is 19.2. The first-order valence-electron chi connectivity index (χ1n) is 7.76. The Morgan fingerprint density at radius 2 is 2.15 bits per heavy atom. The SMILES string of the molecule is CC(=O)OCC1=C(C(=O)O)N2C(=O)[C@@H](N(C(C)=O)c3csc(N)n3)[C@H]2SC1. The lowest BCUT2D eigenvalue weighted by molar-refractivity contribution is -0.149. The number of ether oxygens (including phenoxy) is 1. The van der Waals surface area contributed by atoms with Crippen LogP contribution in [0.25, 0.3) is 0 Å². The van der Waals surface area contributed by atoms with E-state index in [4.69, 9.17) is 10.5 Å². The number of anilines is 2. The van der Waals surface area contributed by atoms with E-state index in [1.165, 1.54) is 30.5 Å². The largest absolute Gasteiger partial charge is 0.477 e. The van der Waals surface area contributed by atoms with Gasteiger partial charge in [0.25, 0.3) is 5.91 Å². The van der Waals surface area contributed by atoms with Crippen molar-refractivity contribution in [3.8, 4) is 0 Å². The fraction of sp³-hybridized carbons (Fsp3) is 0.400. The van der Waals surface area contributed by atoms with Crippen LogP contribution in [0.3, 0.4) is 0 Å². The maximum absolute atomic E-state index is 12.8.